The fourth-order valence-electron chi connectivity index (χ4n) is 3.81. The van der Waals surface area contributed by atoms with Crippen molar-refractivity contribution >= 4 is 45.4 Å². The molecular formula is C22H22N2O4S. The number of carbonyl (C=O) groups excluding carboxylic acids is 2. The van der Waals surface area contributed by atoms with E-state index in [9.17, 15) is 14.4 Å². The number of pyridine rings is 1. The summed E-state index contributed by atoms with van der Waals surface area (Å²) in [5.74, 6) is 0.814. The van der Waals surface area contributed by atoms with Gasteiger partial charge in [0.05, 0.1) is 17.6 Å². The molecule has 0 saturated carbocycles. The van der Waals surface area contributed by atoms with E-state index in [-0.39, 0.29) is 30.5 Å². The summed E-state index contributed by atoms with van der Waals surface area (Å²) in [7, 11) is 0. The van der Waals surface area contributed by atoms with E-state index in [1.807, 2.05) is 41.0 Å². The lowest BCUT2D eigenvalue weighted by molar-refractivity contribution is -0.154. The van der Waals surface area contributed by atoms with E-state index >= 15 is 0 Å². The Bertz CT molecular complexity index is 1080. The summed E-state index contributed by atoms with van der Waals surface area (Å²) in [4.78, 5) is 40.1. The number of amides is 1. The lowest BCUT2D eigenvalue weighted by Crippen LogP contribution is -2.52. The van der Waals surface area contributed by atoms with Crippen molar-refractivity contribution in [2.45, 2.75) is 19.5 Å². The summed E-state index contributed by atoms with van der Waals surface area (Å²) in [6, 6.07) is 14.1. The third kappa shape index (κ3) is 3.62. The van der Waals surface area contributed by atoms with Crippen molar-refractivity contribution in [3.63, 3.8) is 0 Å². The van der Waals surface area contributed by atoms with Gasteiger partial charge in [-0.3, -0.25) is 9.59 Å². The first-order chi connectivity index (χ1) is 14.1. The van der Waals surface area contributed by atoms with Crippen LogP contribution in [0.1, 0.15) is 6.92 Å². The minimum Gasteiger partial charge on any atom is -0.464 e. The predicted molar refractivity (Wildman–Crippen MR) is 115 cm³/mol. The molecule has 1 aromatic heterocycles. The normalized spacial score (nSPS) is 16.9. The molecular weight excluding hydrogens is 388 g/mol. The Morgan fingerprint density at radius 2 is 1.69 bits per heavy atom. The fourth-order valence-corrected chi connectivity index (χ4v) is 4.84. The zero-order chi connectivity index (χ0) is 20.4. The number of hydrogen-bond donors (Lipinski definition) is 0. The van der Waals surface area contributed by atoms with Crippen LogP contribution in [-0.4, -0.2) is 52.0 Å². The molecule has 150 valence electrons. The van der Waals surface area contributed by atoms with Gasteiger partial charge < -0.3 is 14.2 Å². The maximum atomic E-state index is 13.3. The summed E-state index contributed by atoms with van der Waals surface area (Å²) in [5.41, 5.74) is 1.38. The largest absolute Gasteiger partial charge is 0.464 e. The second-order valence-corrected chi connectivity index (χ2v) is 8.03. The second kappa shape index (κ2) is 8.29. The predicted octanol–water partition coefficient (Wildman–Crippen LogP) is 2.66. The summed E-state index contributed by atoms with van der Waals surface area (Å²) < 4.78 is 7.05. The Balaban J connectivity index is 1.77. The molecule has 0 radical (unpaired) electrons. The molecule has 29 heavy (non-hydrogen) atoms. The Morgan fingerprint density at radius 3 is 2.31 bits per heavy atom. The van der Waals surface area contributed by atoms with Crippen LogP contribution in [0.3, 0.4) is 0 Å². The number of rotatable bonds is 4. The van der Waals surface area contributed by atoms with Gasteiger partial charge in [-0.05, 0) is 31.2 Å². The molecule has 0 aliphatic carbocycles. The van der Waals surface area contributed by atoms with Gasteiger partial charge >= 0.3 is 5.97 Å². The summed E-state index contributed by atoms with van der Waals surface area (Å²) >= 11 is 1.65. The standard InChI is InChI=1S/C22H22N2O4S/c1-2-28-22(27)19-14-29-12-11-23(19)20(25)13-24-17-9-5-3-7-15(17)21(26)16-8-4-6-10-18(16)24/h3-10,19H,2,11-14H2,1H3/t19-/m0/s1. The number of aromatic nitrogens is 1. The van der Waals surface area contributed by atoms with Crippen molar-refractivity contribution < 1.29 is 14.3 Å². The van der Waals surface area contributed by atoms with Crippen molar-refractivity contribution in [3.8, 4) is 0 Å². The van der Waals surface area contributed by atoms with Gasteiger partial charge in [0, 0.05) is 28.8 Å². The third-order valence-electron chi connectivity index (χ3n) is 5.18. The van der Waals surface area contributed by atoms with Gasteiger partial charge in [0.25, 0.3) is 0 Å². The van der Waals surface area contributed by atoms with Crippen molar-refractivity contribution in [1.29, 1.82) is 0 Å². The van der Waals surface area contributed by atoms with Crippen LogP contribution in [0.25, 0.3) is 21.8 Å². The van der Waals surface area contributed by atoms with Crippen molar-refractivity contribution in [1.82, 2.24) is 9.47 Å². The minimum atomic E-state index is -0.571. The summed E-state index contributed by atoms with van der Waals surface area (Å²) in [5, 5.41) is 1.16. The number of nitrogens with zero attached hydrogens (tertiary/aromatic N) is 2. The molecule has 1 saturated heterocycles. The average molecular weight is 410 g/mol. The van der Waals surface area contributed by atoms with Crippen molar-refractivity contribution in [3.05, 3.63) is 58.8 Å². The molecule has 1 atom stereocenters. The number of esters is 1. The van der Waals surface area contributed by atoms with E-state index in [1.54, 1.807) is 35.7 Å². The quantitative estimate of drug-likeness (QED) is 0.489. The highest BCUT2D eigenvalue weighted by molar-refractivity contribution is 7.99. The van der Waals surface area contributed by atoms with Crippen LogP contribution in [0.2, 0.25) is 0 Å². The molecule has 2 heterocycles. The monoisotopic (exact) mass is 410 g/mol. The number of hydrogen-bond acceptors (Lipinski definition) is 5. The molecule has 0 spiro atoms. The third-order valence-corrected chi connectivity index (χ3v) is 6.20. The highest BCUT2D eigenvalue weighted by Gasteiger charge is 2.33. The van der Waals surface area contributed by atoms with Crippen LogP contribution in [0.5, 0.6) is 0 Å². The molecule has 7 heteroatoms. The van der Waals surface area contributed by atoms with E-state index in [4.69, 9.17) is 4.74 Å². The molecule has 3 aromatic rings. The number of fused-ring (bicyclic) bond motifs is 2. The molecule has 1 aliphatic rings. The fraction of sp³-hybridized carbons (Fsp3) is 0.318. The van der Waals surface area contributed by atoms with Gasteiger partial charge in [-0.15, -0.1) is 0 Å². The van der Waals surface area contributed by atoms with Gasteiger partial charge in [0.2, 0.25) is 5.91 Å². The van der Waals surface area contributed by atoms with E-state index in [0.717, 1.165) is 5.75 Å². The molecule has 0 N–H and O–H groups in total. The SMILES string of the molecule is CCOC(=O)[C@@H]1CSCCN1C(=O)Cn1c2ccccc2c(=O)c2ccccc21. The number of thioether (sulfide) groups is 1. The molecule has 6 nitrogen and oxygen atoms in total. The molecule has 2 aromatic carbocycles. The first kappa shape index (κ1) is 19.5. The zero-order valence-corrected chi connectivity index (χ0v) is 17.0. The highest BCUT2D eigenvalue weighted by atomic mass is 32.2. The summed E-state index contributed by atoms with van der Waals surface area (Å²) in [6.07, 6.45) is 0. The van der Waals surface area contributed by atoms with Crippen molar-refractivity contribution in [2.24, 2.45) is 0 Å². The Labute approximate surface area is 172 Å². The van der Waals surface area contributed by atoms with Gasteiger partial charge in [-0.1, -0.05) is 24.3 Å². The molecule has 1 fully saturated rings. The van der Waals surface area contributed by atoms with E-state index < -0.39 is 6.04 Å². The first-order valence-corrected chi connectivity index (χ1v) is 10.8. The topological polar surface area (TPSA) is 68.6 Å². The van der Waals surface area contributed by atoms with Crippen LogP contribution in [0.15, 0.2) is 53.3 Å². The maximum absolute atomic E-state index is 13.3. The first-order valence-electron chi connectivity index (χ1n) is 9.66. The Kier molecular flexibility index (Phi) is 5.58. The maximum Gasteiger partial charge on any atom is 0.329 e. The lowest BCUT2D eigenvalue weighted by Gasteiger charge is -2.34. The highest BCUT2D eigenvalue weighted by Crippen LogP contribution is 2.22. The van der Waals surface area contributed by atoms with Crippen LogP contribution in [0, 0.1) is 0 Å². The van der Waals surface area contributed by atoms with Crippen LogP contribution in [-0.2, 0) is 20.9 Å². The lowest BCUT2D eigenvalue weighted by atomic mass is 10.1. The van der Waals surface area contributed by atoms with E-state index in [1.165, 1.54) is 0 Å². The summed E-state index contributed by atoms with van der Waals surface area (Å²) in [6.45, 7) is 2.61. The average Bonchev–Trinajstić information content (AvgIpc) is 2.76. The van der Waals surface area contributed by atoms with Gasteiger partial charge in [0.15, 0.2) is 5.43 Å². The van der Waals surface area contributed by atoms with Gasteiger partial charge in [0.1, 0.15) is 12.6 Å². The molecule has 0 bridgehead atoms. The second-order valence-electron chi connectivity index (χ2n) is 6.88. The molecule has 0 unspecified atom stereocenters. The van der Waals surface area contributed by atoms with Crippen LogP contribution in [0.4, 0.5) is 0 Å². The molecule has 4 rings (SSSR count). The van der Waals surface area contributed by atoms with E-state index in [0.29, 0.717) is 34.1 Å². The Hall–Kier alpha value is -2.80. The smallest absolute Gasteiger partial charge is 0.329 e. The van der Waals surface area contributed by atoms with Crippen molar-refractivity contribution in [2.75, 3.05) is 24.7 Å². The molecule has 1 amide bonds. The van der Waals surface area contributed by atoms with Crippen LogP contribution >= 0.6 is 11.8 Å². The number of para-hydroxylation sites is 2. The Morgan fingerprint density at radius 1 is 1.07 bits per heavy atom. The van der Waals surface area contributed by atoms with Gasteiger partial charge in [-0.25, -0.2) is 4.79 Å². The van der Waals surface area contributed by atoms with Gasteiger partial charge in [-0.2, -0.15) is 11.8 Å². The number of benzene rings is 2. The minimum absolute atomic E-state index is 0.0429. The number of ether oxygens (including phenoxy) is 1. The van der Waals surface area contributed by atoms with Crippen LogP contribution < -0.4 is 5.43 Å². The van der Waals surface area contributed by atoms with E-state index in [2.05, 4.69) is 0 Å². The zero-order valence-electron chi connectivity index (χ0n) is 16.2. The molecule has 1 aliphatic heterocycles. The number of carbonyl (C=O) groups is 2.